The van der Waals surface area contributed by atoms with E-state index in [2.05, 4.69) is 10.3 Å². The topological polar surface area (TPSA) is 145 Å². The number of nitrogen functional groups attached to an aromatic ring is 1. The molecule has 1 aromatic heterocycles. The maximum atomic E-state index is 12.2. The van der Waals surface area contributed by atoms with Crippen LogP contribution in [0.25, 0.3) is 0 Å². The van der Waals surface area contributed by atoms with Crippen molar-refractivity contribution in [2.75, 3.05) is 17.2 Å². The normalized spacial score (nSPS) is 23.7. The van der Waals surface area contributed by atoms with Gasteiger partial charge in [-0.3, -0.25) is 14.9 Å². The zero-order valence-corrected chi connectivity index (χ0v) is 12.0. The molecular formula is C11H14N4O5S. The Morgan fingerprint density at radius 1 is 1.57 bits per heavy atom. The highest BCUT2D eigenvalue weighted by atomic mass is 32.2. The zero-order valence-electron chi connectivity index (χ0n) is 11.2. The van der Waals surface area contributed by atoms with Crippen LogP contribution in [-0.2, 0) is 9.84 Å². The molecule has 3 N–H and O–H groups in total. The van der Waals surface area contributed by atoms with Crippen LogP contribution in [0.1, 0.15) is 23.7 Å². The molecule has 1 aliphatic heterocycles. The Morgan fingerprint density at radius 3 is 2.76 bits per heavy atom. The summed E-state index contributed by atoms with van der Waals surface area (Å²) in [5, 5.41) is 13.5. The molecule has 0 saturated carbocycles. The summed E-state index contributed by atoms with van der Waals surface area (Å²) in [5.41, 5.74) is 3.78. The van der Waals surface area contributed by atoms with Gasteiger partial charge >= 0.3 is 0 Å². The van der Waals surface area contributed by atoms with Gasteiger partial charge < -0.3 is 11.1 Å². The molecule has 1 aromatic rings. The third kappa shape index (κ3) is 3.27. The minimum atomic E-state index is -3.20. The summed E-state index contributed by atoms with van der Waals surface area (Å²) in [6, 6.07) is 1.10. The van der Waals surface area contributed by atoms with Crippen molar-refractivity contribution in [2.24, 2.45) is 0 Å². The fourth-order valence-electron chi connectivity index (χ4n) is 2.24. The van der Waals surface area contributed by atoms with E-state index >= 15 is 0 Å². The summed E-state index contributed by atoms with van der Waals surface area (Å²) in [6.45, 7) is 1.59. The molecule has 1 fully saturated rings. The van der Waals surface area contributed by atoms with Gasteiger partial charge in [-0.1, -0.05) is 0 Å². The van der Waals surface area contributed by atoms with Crippen molar-refractivity contribution in [2.45, 2.75) is 18.9 Å². The second-order valence-electron chi connectivity index (χ2n) is 5.24. The molecule has 0 bridgehead atoms. The van der Waals surface area contributed by atoms with Crippen molar-refractivity contribution >= 4 is 27.2 Å². The largest absolute Gasteiger partial charge is 0.384 e. The molecule has 0 radical (unpaired) electrons. The van der Waals surface area contributed by atoms with Gasteiger partial charge in [-0.2, -0.15) is 0 Å². The quantitative estimate of drug-likeness (QED) is 0.584. The van der Waals surface area contributed by atoms with Crippen LogP contribution in [0.15, 0.2) is 12.3 Å². The number of nitrogens with two attached hydrogens (primary N) is 1. The van der Waals surface area contributed by atoms with Crippen LogP contribution >= 0.6 is 0 Å². The molecule has 2 rings (SSSR count). The van der Waals surface area contributed by atoms with E-state index < -0.39 is 31.9 Å². The van der Waals surface area contributed by atoms with Gasteiger partial charge in [0, 0.05) is 0 Å². The Bertz CT molecular complexity index is 717. The summed E-state index contributed by atoms with van der Waals surface area (Å²) in [4.78, 5) is 25.9. The standard InChI is InChI=1S/C11H14N4O5S/c1-11(2-3-21(19,20)6-11)14-10(16)7-4-9(12)13-5-8(7)15(17)18/h4-5H,2-3,6H2,1H3,(H2,12,13)(H,14,16). The molecular weight excluding hydrogens is 300 g/mol. The van der Waals surface area contributed by atoms with E-state index in [4.69, 9.17) is 5.73 Å². The van der Waals surface area contributed by atoms with Gasteiger partial charge in [0.05, 0.1) is 22.0 Å². The number of aromatic nitrogens is 1. The molecule has 1 atom stereocenters. The van der Waals surface area contributed by atoms with Crippen LogP contribution in [0, 0.1) is 10.1 Å². The number of nitrogens with zero attached hydrogens (tertiary/aromatic N) is 2. The smallest absolute Gasteiger partial charge is 0.300 e. The lowest BCUT2D eigenvalue weighted by Crippen LogP contribution is -2.47. The molecule has 10 heteroatoms. The van der Waals surface area contributed by atoms with Gasteiger partial charge in [0.1, 0.15) is 17.6 Å². The molecule has 0 aliphatic carbocycles. The van der Waals surface area contributed by atoms with Crippen LogP contribution in [0.4, 0.5) is 11.5 Å². The Labute approximate surface area is 120 Å². The fraction of sp³-hybridized carbons (Fsp3) is 0.455. The number of carbonyl (C=O) groups excluding carboxylic acids is 1. The number of hydrogen-bond donors (Lipinski definition) is 2. The highest BCUT2D eigenvalue weighted by Gasteiger charge is 2.40. The van der Waals surface area contributed by atoms with E-state index in [1.54, 1.807) is 6.92 Å². The lowest BCUT2D eigenvalue weighted by molar-refractivity contribution is -0.385. The minimum Gasteiger partial charge on any atom is -0.384 e. The first kappa shape index (κ1) is 15.2. The molecule has 1 unspecified atom stereocenters. The summed E-state index contributed by atoms with van der Waals surface area (Å²) in [7, 11) is -3.20. The number of amides is 1. The molecule has 1 aliphatic rings. The number of pyridine rings is 1. The van der Waals surface area contributed by atoms with Gasteiger partial charge in [0.25, 0.3) is 11.6 Å². The predicted molar refractivity (Wildman–Crippen MR) is 74.4 cm³/mol. The summed E-state index contributed by atoms with van der Waals surface area (Å²) in [5.74, 6) is -0.991. The lowest BCUT2D eigenvalue weighted by Gasteiger charge is -2.23. The number of nitrogens with one attached hydrogen (secondary N) is 1. The van der Waals surface area contributed by atoms with E-state index in [0.29, 0.717) is 0 Å². The van der Waals surface area contributed by atoms with Crippen LogP contribution in [0.3, 0.4) is 0 Å². The second-order valence-corrected chi connectivity index (χ2v) is 7.42. The van der Waals surface area contributed by atoms with Crippen LogP contribution in [0.2, 0.25) is 0 Å². The van der Waals surface area contributed by atoms with Crippen molar-refractivity contribution in [3.05, 3.63) is 27.9 Å². The molecule has 1 amide bonds. The number of rotatable bonds is 3. The van der Waals surface area contributed by atoms with Gasteiger partial charge in [-0.15, -0.1) is 0 Å². The fourth-order valence-corrected chi connectivity index (χ4v) is 4.34. The monoisotopic (exact) mass is 314 g/mol. The number of anilines is 1. The van der Waals surface area contributed by atoms with E-state index in [9.17, 15) is 23.3 Å². The third-order valence-electron chi connectivity index (χ3n) is 3.26. The Balaban J connectivity index is 2.29. The van der Waals surface area contributed by atoms with Gasteiger partial charge in [0.2, 0.25) is 0 Å². The van der Waals surface area contributed by atoms with Gasteiger partial charge in [-0.05, 0) is 19.4 Å². The van der Waals surface area contributed by atoms with Crippen LogP contribution < -0.4 is 11.1 Å². The average molecular weight is 314 g/mol. The molecule has 21 heavy (non-hydrogen) atoms. The van der Waals surface area contributed by atoms with Crippen molar-refractivity contribution in [3.63, 3.8) is 0 Å². The summed E-state index contributed by atoms with van der Waals surface area (Å²) >= 11 is 0. The van der Waals surface area contributed by atoms with Crippen LogP contribution in [-0.4, -0.2) is 41.3 Å². The first-order chi connectivity index (χ1) is 9.62. The highest BCUT2D eigenvalue weighted by molar-refractivity contribution is 7.91. The Kier molecular flexibility index (Phi) is 3.58. The highest BCUT2D eigenvalue weighted by Crippen LogP contribution is 2.25. The van der Waals surface area contributed by atoms with Gasteiger partial charge in [0.15, 0.2) is 9.84 Å². The van der Waals surface area contributed by atoms with E-state index in [0.717, 1.165) is 12.3 Å². The number of carbonyl (C=O) groups is 1. The molecule has 0 aromatic carbocycles. The molecule has 1 saturated heterocycles. The second kappa shape index (κ2) is 4.95. The predicted octanol–water partition coefficient (Wildman–Crippen LogP) is -0.121. The van der Waals surface area contributed by atoms with Gasteiger partial charge in [-0.25, -0.2) is 13.4 Å². The number of hydrogen-bond acceptors (Lipinski definition) is 7. The number of sulfone groups is 1. The van der Waals surface area contributed by atoms with E-state index in [1.165, 1.54) is 0 Å². The zero-order chi connectivity index (χ0) is 15.8. The minimum absolute atomic E-state index is 0.0235. The average Bonchev–Trinajstić information content (AvgIpc) is 2.62. The first-order valence-electron chi connectivity index (χ1n) is 6.05. The lowest BCUT2D eigenvalue weighted by atomic mass is 10.0. The third-order valence-corrected chi connectivity index (χ3v) is 5.17. The van der Waals surface area contributed by atoms with Crippen molar-refractivity contribution < 1.29 is 18.1 Å². The molecule has 2 heterocycles. The SMILES string of the molecule is CC1(NC(=O)c2cc(N)ncc2[N+](=O)[O-])CCS(=O)(=O)C1. The van der Waals surface area contributed by atoms with Crippen molar-refractivity contribution in [1.29, 1.82) is 0 Å². The summed E-state index contributed by atoms with van der Waals surface area (Å²) in [6.07, 6.45) is 1.16. The van der Waals surface area contributed by atoms with E-state index in [1.807, 2.05) is 0 Å². The molecule has 0 spiro atoms. The Morgan fingerprint density at radius 2 is 2.24 bits per heavy atom. The Hall–Kier alpha value is -2.23. The summed E-state index contributed by atoms with van der Waals surface area (Å²) < 4.78 is 23.0. The van der Waals surface area contributed by atoms with Crippen molar-refractivity contribution in [3.8, 4) is 0 Å². The number of nitro groups is 1. The molecule has 114 valence electrons. The van der Waals surface area contributed by atoms with Crippen LogP contribution in [0.5, 0.6) is 0 Å². The maximum Gasteiger partial charge on any atom is 0.300 e. The first-order valence-corrected chi connectivity index (χ1v) is 7.87. The van der Waals surface area contributed by atoms with Crippen molar-refractivity contribution in [1.82, 2.24) is 10.3 Å². The van der Waals surface area contributed by atoms with E-state index in [-0.39, 0.29) is 29.3 Å². The molecule has 9 nitrogen and oxygen atoms in total. The maximum absolute atomic E-state index is 12.2.